The van der Waals surface area contributed by atoms with E-state index >= 15 is 0 Å². The largest absolute Gasteiger partial charge is 0.379 e. The van der Waals surface area contributed by atoms with Gasteiger partial charge in [-0.3, -0.25) is 19.2 Å². The molecule has 35 heavy (non-hydrogen) atoms. The van der Waals surface area contributed by atoms with Crippen LogP contribution in [0.25, 0.3) is 0 Å². The third kappa shape index (κ3) is 11.0. The van der Waals surface area contributed by atoms with E-state index in [2.05, 4.69) is 10.6 Å². The van der Waals surface area contributed by atoms with Gasteiger partial charge < -0.3 is 29.7 Å². The molecule has 0 aromatic carbocycles. The Morgan fingerprint density at radius 2 is 1.51 bits per heavy atom. The zero-order chi connectivity index (χ0) is 25.6. The van der Waals surface area contributed by atoms with Crippen molar-refractivity contribution in [3.63, 3.8) is 0 Å². The number of rotatable bonds is 16. The van der Waals surface area contributed by atoms with Gasteiger partial charge in [-0.25, -0.2) is 0 Å². The maximum atomic E-state index is 12.1. The first-order chi connectivity index (χ1) is 16.8. The number of Topliss-reactive ketones (excluding diaryl/α,β-unsaturated/α-hetero) is 1. The fourth-order valence-corrected chi connectivity index (χ4v) is 4.43. The van der Waals surface area contributed by atoms with E-state index in [1.54, 1.807) is 11.9 Å². The fourth-order valence-electron chi connectivity index (χ4n) is 4.43. The maximum Gasteiger partial charge on any atom is 0.225 e. The number of likely N-dealkylation sites (tertiary alicyclic amines) is 1. The molecule has 2 N–H and O–H groups in total. The van der Waals surface area contributed by atoms with Crippen LogP contribution in [0.2, 0.25) is 0 Å². The molecule has 10 nitrogen and oxygen atoms in total. The standard InChI is InChI=1S/C25H43N3O7/c1-18(2)24(31)19-4-6-21(7-5-19)27-22(29)8-10-33-12-14-35-15-13-34-11-9-26-25(32)20-16-23(30)28(3)17-20/h18-21H,4-17H2,1-3H3,(H,26,32)(H,27,29)/t19?,20-,21?/m0/s1. The minimum atomic E-state index is -0.275. The highest BCUT2D eigenvalue weighted by molar-refractivity contribution is 5.89. The van der Waals surface area contributed by atoms with Crippen molar-refractivity contribution in [1.82, 2.24) is 15.5 Å². The summed E-state index contributed by atoms with van der Waals surface area (Å²) in [7, 11) is 1.70. The van der Waals surface area contributed by atoms with Crippen molar-refractivity contribution in [1.29, 1.82) is 0 Å². The zero-order valence-electron chi connectivity index (χ0n) is 21.5. The van der Waals surface area contributed by atoms with Gasteiger partial charge in [0.25, 0.3) is 0 Å². The lowest BCUT2D eigenvalue weighted by atomic mass is 9.80. The molecule has 0 aromatic heterocycles. The number of carbonyl (C=O) groups excluding carboxylic acids is 4. The van der Waals surface area contributed by atoms with Crippen molar-refractivity contribution in [3.05, 3.63) is 0 Å². The van der Waals surface area contributed by atoms with E-state index in [9.17, 15) is 19.2 Å². The van der Waals surface area contributed by atoms with Crippen molar-refractivity contribution < 1.29 is 33.4 Å². The van der Waals surface area contributed by atoms with Crippen LogP contribution < -0.4 is 10.6 Å². The molecule has 10 heteroatoms. The Labute approximate surface area is 208 Å². The predicted octanol–water partition coefficient (Wildman–Crippen LogP) is 0.921. The van der Waals surface area contributed by atoms with Crippen molar-refractivity contribution in [3.8, 4) is 0 Å². The van der Waals surface area contributed by atoms with Crippen molar-refractivity contribution >= 4 is 23.5 Å². The van der Waals surface area contributed by atoms with Crippen LogP contribution in [0.5, 0.6) is 0 Å². The third-order valence-corrected chi connectivity index (χ3v) is 6.54. The van der Waals surface area contributed by atoms with Crippen LogP contribution in [0.1, 0.15) is 52.4 Å². The predicted molar refractivity (Wildman–Crippen MR) is 130 cm³/mol. The maximum absolute atomic E-state index is 12.1. The fraction of sp³-hybridized carbons (Fsp3) is 0.840. The zero-order valence-corrected chi connectivity index (χ0v) is 21.5. The van der Waals surface area contributed by atoms with Crippen LogP contribution in [-0.2, 0) is 33.4 Å². The number of amides is 3. The highest BCUT2D eigenvalue weighted by Gasteiger charge is 2.31. The smallest absolute Gasteiger partial charge is 0.225 e. The third-order valence-electron chi connectivity index (χ3n) is 6.54. The number of nitrogens with zero attached hydrogens (tertiary/aromatic N) is 1. The van der Waals surface area contributed by atoms with Crippen LogP contribution in [-0.4, -0.2) is 94.2 Å². The molecule has 0 bridgehead atoms. The van der Waals surface area contributed by atoms with Gasteiger partial charge in [-0.1, -0.05) is 13.8 Å². The van der Waals surface area contributed by atoms with Gasteiger partial charge in [0.2, 0.25) is 17.7 Å². The highest BCUT2D eigenvalue weighted by atomic mass is 16.5. The summed E-state index contributed by atoms with van der Waals surface area (Å²) in [6.07, 6.45) is 4.01. The van der Waals surface area contributed by atoms with Gasteiger partial charge in [0.1, 0.15) is 5.78 Å². The van der Waals surface area contributed by atoms with E-state index in [0.29, 0.717) is 64.9 Å². The number of nitrogens with one attached hydrogen (secondary N) is 2. The SMILES string of the molecule is CC(C)C(=O)C1CCC(NC(=O)CCOCCOCCOCCNC(=O)[C@H]2CC(=O)N(C)C2)CC1. The highest BCUT2D eigenvalue weighted by Crippen LogP contribution is 2.27. The molecular weight excluding hydrogens is 454 g/mol. The van der Waals surface area contributed by atoms with Crippen molar-refractivity contribution in [2.75, 3.05) is 59.8 Å². The van der Waals surface area contributed by atoms with E-state index in [1.807, 2.05) is 13.8 Å². The number of hydrogen-bond acceptors (Lipinski definition) is 7. The van der Waals surface area contributed by atoms with Gasteiger partial charge >= 0.3 is 0 Å². The molecule has 1 aliphatic heterocycles. The summed E-state index contributed by atoms with van der Waals surface area (Å²) >= 11 is 0. The molecule has 3 amide bonds. The second-order valence-corrected chi connectivity index (χ2v) is 9.73. The Bertz CT molecular complexity index is 693. The molecule has 1 heterocycles. The topological polar surface area (TPSA) is 123 Å². The Morgan fingerprint density at radius 1 is 0.914 bits per heavy atom. The molecule has 200 valence electrons. The van der Waals surface area contributed by atoms with E-state index < -0.39 is 0 Å². The number of ether oxygens (including phenoxy) is 3. The minimum absolute atomic E-state index is 0.0000792. The molecule has 0 radical (unpaired) electrons. The van der Waals surface area contributed by atoms with Crippen LogP contribution in [0.15, 0.2) is 0 Å². The van der Waals surface area contributed by atoms with E-state index in [4.69, 9.17) is 14.2 Å². The van der Waals surface area contributed by atoms with Crippen LogP contribution in [0.4, 0.5) is 0 Å². The van der Waals surface area contributed by atoms with Crippen LogP contribution in [0.3, 0.4) is 0 Å². The molecule has 0 aromatic rings. The molecule has 2 fully saturated rings. The lowest BCUT2D eigenvalue weighted by Gasteiger charge is -2.29. The van der Waals surface area contributed by atoms with Crippen LogP contribution in [0, 0.1) is 17.8 Å². The average molecular weight is 498 g/mol. The minimum Gasteiger partial charge on any atom is -0.379 e. The number of hydrogen-bond donors (Lipinski definition) is 2. The van der Waals surface area contributed by atoms with Crippen LogP contribution >= 0.6 is 0 Å². The molecule has 0 unspecified atom stereocenters. The summed E-state index contributed by atoms with van der Waals surface area (Å²) in [5.41, 5.74) is 0. The molecule has 1 atom stereocenters. The Hall–Kier alpha value is -2.04. The summed E-state index contributed by atoms with van der Waals surface area (Å²) in [5.74, 6) is 0.166. The van der Waals surface area contributed by atoms with Gasteiger partial charge in [-0.05, 0) is 25.7 Å². The number of ketones is 1. The molecule has 1 aliphatic carbocycles. The Morgan fingerprint density at radius 3 is 2.09 bits per heavy atom. The monoisotopic (exact) mass is 497 g/mol. The first-order valence-electron chi connectivity index (χ1n) is 12.9. The summed E-state index contributed by atoms with van der Waals surface area (Å²) in [6, 6.07) is 0.156. The van der Waals surface area contributed by atoms with Gasteiger partial charge in [-0.15, -0.1) is 0 Å². The van der Waals surface area contributed by atoms with E-state index in [1.165, 1.54) is 0 Å². The molecule has 1 saturated heterocycles. The van der Waals surface area contributed by atoms with E-state index in [-0.39, 0.29) is 47.9 Å². The second kappa shape index (κ2) is 15.9. The summed E-state index contributed by atoms with van der Waals surface area (Å²) in [5, 5.41) is 5.83. The Balaban J connectivity index is 1.35. The molecule has 0 spiro atoms. The lowest BCUT2D eigenvalue weighted by molar-refractivity contribution is -0.128. The Kier molecular flexibility index (Phi) is 13.2. The summed E-state index contributed by atoms with van der Waals surface area (Å²) in [6.45, 7) is 7.13. The first kappa shape index (κ1) is 29.2. The average Bonchev–Trinajstić information content (AvgIpc) is 3.17. The molecule has 2 rings (SSSR count). The first-order valence-corrected chi connectivity index (χ1v) is 12.9. The van der Waals surface area contributed by atoms with Gasteiger partial charge in [-0.2, -0.15) is 0 Å². The molecule has 1 saturated carbocycles. The summed E-state index contributed by atoms with van der Waals surface area (Å²) in [4.78, 5) is 49.2. The van der Waals surface area contributed by atoms with Gasteiger partial charge in [0.05, 0.1) is 45.6 Å². The molecule has 2 aliphatic rings. The van der Waals surface area contributed by atoms with Crippen molar-refractivity contribution in [2.45, 2.75) is 58.4 Å². The lowest BCUT2D eigenvalue weighted by Crippen LogP contribution is -2.39. The van der Waals surface area contributed by atoms with Gasteiger partial charge in [0.15, 0.2) is 0 Å². The molecular formula is C25H43N3O7. The number of carbonyl (C=O) groups is 4. The second-order valence-electron chi connectivity index (χ2n) is 9.73. The quantitative estimate of drug-likeness (QED) is 0.304. The summed E-state index contributed by atoms with van der Waals surface area (Å²) < 4.78 is 16.3. The van der Waals surface area contributed by atoms with E-state index in [0.717, 1.165) is 25.7 Å². The normalized spacial score (nSPS) is 22.5. The van der Waals surface area contributed by atoms with Crippen molar-refractivity contribution in [2.24, 2.45) is 17.8 Å². The van der Waals surface area contributed by atoms with Gasteiger partial charge in [0, 0.05) is 50.9 Å².